The maximum Gasteiger partial charge on any atom is 0.217 e. The van der Waals surface area contributed by atoms with E-state index in [-0.39, 0.29) is 5.91 Å². The molecule has 1 aromatic rings. The fraction of sp³-hybridized carbons (Fsp3) is 0.444. The van der Waals surface area contributed by atoms with E-state index in [1.807, 2.05) is 11.4 Å². The van der Waals surface area contributed by atoms with E-state index in [0.29, 0.717) is 6.42 Å². The molecule has 0 aliphatic carbocycles. The van der Waals surface area contributed by atoms with Crippen LogP contribution in [0, 0.1) is 0 Å². The minimum Gasteiger partial charge on any atom is -0.370 e. The molecule has 0 unspecified atom stereocenters. The molecule has 1 heterocycles. The maximum absolute atomic E-state index is 10.4. The Balaban J connectivity index is 2.07. The first kappa shape index (κ1) is 11.5. The van der Waals surface area contributed by atoms with E-state index >= 15 is 0 Å². The van der Waals surface area contributed by atoms with Gasteiger partial charge in [0, 0.05) is 23.2 Å². The largest absolute Gasteiger partial charge is 0.370 e. The first-order chi connectivity index (χ1) is 6.68. The number of amides is 1. The van der Waals surface area contributed by atoms with Gasteiger partial charge >= 0.3 is 0 Å². The number of primary amides is 1. The molecule has 0 fully saturated rings. The Morgan fingerprint density at radius 1 is 1.64 bits per heavy atom. The fourth-order valence-corrected chi connectivity index (χ4v) is 2.09. The molecule has 1 amide bonds. The lowest BCUT2D eigenvalue weighted by Gasteiger charge is -2.00. The van der Waals surface area contributed by atoms with Crippen molar-refractivity contribution in [3.05, 3.63) is 21.3 Å². The Labute approximate surface area is 92.3 Å². The van der Waals surface area contributed by atoms with Crippen molar-refractivity contribution >= 4 is 28.8 Å². The van der Waals surface area contributed by atoms with Gasteiger partial charge in [0.05, 0.1) is 5.02 Å². The van der Waals surface area contributed by atoms with Gasteiger partial charge in [0.15, 0.2) is 0 Å². The fourth-order valence-electron chi connectivity index (χ4n) is 1.05. The lowest BCUT2D eigenvalue weighted by Crippen LogP contribution is -2.17. The molecular formula is C9H13ClN2OS. The van der Waals surface area contributed by atoms with Crippen LogP contribution in [0.3, 0.4) is 0 Å². The highest BCUT2D eigenvalue weighted by molar-refractivity contribution is 7.10. The van der Waals surface area contributed by atoms with Gasteiger partial charge in [-0.2, -0.15) is 0 Å². The van der Waals surface area contributed by atoms with Crippen LogP contribution in [0.2, 0.25) is 5.02 Å². The maximum atomic E-state index is 10.4. The number of hydrogen-bond acceptors (Lipinski definition) is 3. The standard InChI is InChI=1S/C9H13ClN2OS/c10-7-4-8(14-6-7)5-12-3-1-2-9(11)13/h4,6,12H,1-3,5H2,(H2,11,13). The van der Waals surface area contributed by atoms with E-state index in [2.05, 4.69) is 5.32 Å². The number of rotatable bonds is 6. The Kier molecular flexibility index (Phi) is 4.93. The summed E-state index contributed by atoms with van der Waals surface area (Å²) in [5.74, 6) is -0.244. The molecule has 78 valence electrons. The normalized spacial score (nSPS) is 10.4. The molecule has 0 aliphatic rings. The van der Waals surface area contributed by atoms with Crippen LogP contribution in [-0.2, 0) is 11.3 Å². The third-order valence-electron chi connectivity index (χ3n) is 1.70. The summed E-state index contributed by atoms with van der Waals surface area (Å²) >= 11 is 7.39. The second kappa shape index (κ2) is 6.01. The summed E-state index contributed by atoms with van der Waals surface area (Å²) in [5.41, 5.74) is 5.01. The monoisotopic (exact) mass is 232 g/mol. The van der Waals surface area contributed by atoms with Crippen LogP contribution in [0.4, 0.5) is 0 Å². The summed E-state index contributed by atoms with van der Waals surface area (Å²) < 4.78 is 0. The minimum absolute atomic E-state index is 0.244. The van der Waals surface area contributed by atoms with Gasteiger partial charge < -0.3 is 11.1 Å². The third kappa shape index (κ3) is 4.60. The van der Waals surface area contributed by atoms with E-state index in [0.717, 1.165) is 24.5 Å². The Hall–Kier alpha value is -0.580. The van der Waals surface area contributed by atoms with Gasteiger partial charge in [0.1, 0.15) is 0 Å². The minimum atomic E-state index is -0.244. The number of hydrogen-bond donors (Lipinski definition) is 2. The molecule has 0 spiro atoms. The zero-order valence-corrected chi connectivity index (χ0v) is 9.33. The van der Waals surface area contributed by atoms with E-state index in [1.165, 1.54) is 4.88 Å². The molecular weight excluding hydrogens is 220 g/mol. The number of nitrogens with two attached hydrogens (primary N) is 1. The van der Waals surface area contributed by atoms with Crippen molar-refractivity contribution in [2.45, 2.75) is 19.4 Å². The third-order valence-corrected chi connectivity index (χ3v) is 2.98. The zero-order chi connectivity index (χ0) is 10.4. The first-order valence-electron chi connectivity index (χ1n) is 4.40. The van der Waals surface area contributed by atoms with Crippen molar-refractivity contribution in [3.63, 3.8) is 0 Å². The van der Waals surface area contributed by atoms with Crippen LogP contribution in [0.1, 0.15) is 17.7 Å². The summed E-state index contributed by atoms with van der Waals surface area (Å²) in [4.78, 5) is 11.6. The summed E-state index contributed by atoms with van der Waals surface area (Å²) in [6, 6.07) is 1.94. The quantitative estimate of drug-likeness (QED) is 0.735. The molecule has 0 aromatic carbocycles. The average molecular weight is 233 g/mol. The Bertz CT molecular complexity index is 301. The van der Waals surface area contributed by atoms with Crippen molar-refractivity contribution in [2.75, 3.05) is 6.54 Å². The molecule has 3 nitrogen and oxygen atoms in total. The molecule has 1 rings (SSSR count). The van der Waals surface area contributed by atoms with E-state index in [9.17, 15) is 4.79 Å². The van der Waals surface area contributed by atoms with Crippen molar-refractivity contribution < 1.29 is 4.79 Å². The number of nitrogens with one attached hydrogen (secondary N) is 1. The molecule has 0 saturated carbocycles. The van der Waals surface area contributed by atoms with Crippen molar-refractivity contribution in [3.8, 4) is 0 Å². The topological polar surface area (TPSA) is 55.1 Å². The van der Waals surface area contributed by atoms with Gasteiger partial charge in [-0.05, 0) is 19.0 Å². The van der Waals surface area contributed by atoms with Crippen LogP contribution in [0.5, 0.6) is 0 Å². The highest BCUT2D eigenvalue weighted by Gasteiger charge is 1.97. The van der Waals surface area contributed by atoms with E-state index in [4.69, 9.17) is 17.3 Å². The predicted molar refractivity (Wildman–Crippen MR) is 59.5 cm³/mol. The number of halogens is 1. The number of carbonyl (C=O) groups excluding carboxylic acids is 1. The van der Waals surface area contributed by atoms with Crippen molar-refractivity contribution in [1.29, 1.82) is 0 Å². The number of carbonyl (C=O) groups is 1. The predicted octanol–water partition coefficient (Wildman–Crippen LogP) is 1.76. The number of thiophene rings is 1. The molecule has 0 aliphatic heterocycles. The van der Waals surface area contributed by atoms with Gasteiger partial charge in [-0.1, -0.05) is 11.6 Å². The lowest BCUT2D eigenvalue weighted by molar-refractivity contribution is -0.118. The lowest BCUT2D eigenvalue weighted by atomic mass is 10.3. The Morgan fingerprint density at radius 2 is 2.43 bits per heavy atom. The molecule has 0 saturated heterocycles. The summed E-state index contributed by atoms with van der Waals surface area (Å²) in [7, 11) is 0. The summed E-state index contributed by atoms with van der Waals surface area (Å²) in [5, 5.41) is 5.90. The molecule has 0 radical (unpaired) electrons. The highest BCUT2D eigenvalue weighted by atomic mass is 35.5. The van der Waals surface area contributed by atoms with Crippen molar-refractivity contribution in [1.82, 2.24) is 5.32 Å². The molecule has 14 heavy (non-hydrogen) atoms. The second-order valence-electron chi connectivity index (χ2n) is 2.98. The van der Waals surface area contributed by atoms with Gasteiger partial charge in [-0.3, -0.25) is 4.79 Å². The van der Waals surface area contributed by atoms with Gasteiger partial charge in [0.25, 0.3) is 0 Å². The smallest absolute Gasteiger partial charge is 0.217 e. The second-order valence-corrected chi connectivity index (χ2v) is 4.41. The summed E-state index contributed by atoms with van der Waals surface area (Å²) in [6.07, 6.45) is 1.23. The van der Waals surface area contributed by atoms with E-state index < -0.39 is 0 Å². The molecule has 3 N–H and O–H groups in total. The average Bonchev–Trinajstić information content (AvgIpc) is 2.50. The Morgan fingerprint density at radius 3 is 3.00 bits per heavy atom. The molecule has 1 aromatic heterocycles. The van der Waals surface area contributed by atoms with Gasteiger partial charge in [-0.15, -0.1) is 11.3 Å². The van der Waals surface area contributed by atoms with Gasteiger partial charge in [0.2, 0.25) is 5.91 Å². The van der Waals surface area contributed by atoms with Crippen LogP contribution < -0.4 is 11.1 Å². The molecule has 5 heteroatoms. The van der Waals surface area contributed by atoms with Crippen LogP contribution in [-0.4, -0.2) is 12.5 Å². The SMILES string of the molecule is NC(=O)CCCNCc1cc(Cl)cs1. The molecule has 0 atom stereocenters. The van der Waals surface area contributed by atoms with Gasteiger partial charge in [-0.25, -0.2) is 0 Å². The first-order valence-corrected chi connectivity index (χ1v) is 5.66. The zero-order valence-electron chi connectivity index (χ0n) is 7.75. The van der Waals surface area contributed by atoms with Crippen LogP contribution in [0.15, 0.2) is 11.4 Å². The van der Waals surface area contributed by atoms with Crippen LogP contribution in [0.25, 0.3) is 0 Å². The van der Waals surface area contributed by atoms with Crippen LogP contribution >= 0.6 is 22.9 Å². The summed E-state index contributed by atoms with van der Waals surface area (Å²) in [6.45, 7) is 1.61. The van der Waals surface area contributed by atoms with E-state index in [1.54, 1.807) is 11.3 Å². The van der Waals surface area contributed by atoms with Crippen molar-refractivity contribution in [2.24, 2.45) is 5.73 Å². The highest BCUT2D eigenvalue weighted by Crippen LogP contribution is 2.18. The molecule has 0 bridgehead atoms.